The lowest BCUT2D eigenvalue weighted by Gasteiger charge is -2.41. The lowest BCUT2D eigenvalue weighted by molar-refractivity contribution is -0.150. The van der Waals surface area contributed by atoms with Crippen LogP contribution in [0.2, 0.25) is 0 Å². The zero-order chi connectivity index (χ0) is 19.3. The van der Waals surface area contributed by atoms with E-state index in [1.165, 1.54) is 28.6 Å². The standard InChI is InChI=1S/C18H30N2O4S/c1-5-7-8-13-18(6-2,17(21)22)20(14(3)4)25(23,24)16-11-9-15(19)10-12-16/h9-12,14H,5-8,13,19H2,1-4H3,(H,21,22)/t18-/m0/s1. The summed E-state index contributed by atoms with van der Waals surface area (Å²) >= 11 is 0. The van der Waals surface area contributed by atoms with E-state index in [0.717, 1.165) is 12.8 Å². The molecular weight excluding hydrogens is 340 g/mol. The lowest BCUT2D eigenvalue weighted by Crippen LogP contribution is -2.59. The number of aliphatic carboxylic acids is 1. The number of unbranched alkanes of at least 4 members (excludes halogenated alkanes) is 2. The third kappa shape index (κ3) is 4.52. The number of carboxylic acid groups (broad SMARTS) is 1. The van der Waals surface area contributed by atoms with Crippen LogP contribution in [0.15, 0.2) is 29.2 Å². The topological polar surface area (TPSA) is 101 Å². The molecule has 1 aromatic rings. The van der Waals surface area contributed by atoms with Crippen molar-refractivity contribution in [1.29, 1.82) is 0 Å². The smallest absolute Gasteiger partial charge is 0.325 e. The van der Waals surface area contributed by atoms with Crippen LogP contribution in [0.25, 0.3) is 0 Å². The monoisotopic (exact) mass is 370 g/mol. The highest BCUT2D eigenvalue weighted by Crippen LogP contribution is 2.35. The van der Waals surface area contributed by atoms with Crippen LogP contribution in [0.4, 0.5) is 5.69 Å². The summed E-state index contributed by atoms with van der Waals surface area (Å²) in [6.45, 7) is 7.18. The molecule has 0 spiro atoms. The maximum absolute atomic E-state index is 13.2. The molecule has 1 aromatic carbocycles. The molecule has 0 heterocycles. The number of carboxylic acids is 1. The molecule has 0 aliphatic carbocycles. The minimum absolute atomic E-state index is 0.0602. The Bertz CT molecular complexity index is 671. The third-order valence-corrected chi connectivity index (χ3v) is 6.66. The summed E-state index contributed by atoms with van der Waals surface area (Å²) in [4.78, 5) is 12.3. The molecule has 6 nitrogen and oxygen atoms in total. The van der Waals surface area contributed by atoms with Gasteiger partial charge >= 0.3 is 5.97 Å². The van der Waals surface area contributed by atoms with Crippen LogP contribution < -0.4 is 5.73 Å². The number of anilines is 1. The molecule has 3 N–H and O–H groups in total. The predicted octanol–water partition coefficient (Wildman–Crippen LogP) is 3.48. The largest absolute Gasteiger partial charge is 0.480 e. The van der Waals surface area contributed by atoms with Gasteiger partial charge < -0.3 is 10.8 Å². The molecule has 0 aliphatic rings. The van der Waals surface area contributed by atoms with Crippen LogP contribution in [0.1, 0.15) is 59.8 Å². The highest BCUT2D eigenvalue weighted by molar-refractivity contribution is 7.89. The van der Waals surface area contributed by atoms with Crippen molar-refractivity contribution in [3.05, 3.63) is 24.3 Å². The second-order valence-corrected chi connectivity index (χ2v) is 8.43. The van der Waals surface area contributed by atoms with Crippen molar-refractivity contribution in [2.45, 2.75) is 76.3 Å². The highest BCUT2D eigenvalue weighted by Gasteiger charge is 2.49. The third-order valence-electron chi connectivity index (χ3n) is 4.50. The van der Waals surface area contributed by atoms with Gasteiger partial charge in [-0.2, -0.15) is 4.31 Å². The van der Waals surface area contributed by atoms with E-state index in [9.17, 15) is 18.3 Å². The minimum atomic E-state index is -3.97. The van der Waals surface area contributed by atoms with E-state index in [1.807, 2.05) is 6.92 Å². The van der Waals surface area contributed by atoms with Gasteiger partial charge in [-0.05, 0) is 51.0 Å². The number of nitrogens with zero attached hydrogens (tertiary/aromatic N) is 1. The van der Waals surface area contributed by atoms with Crippen molar-refractivity contribution in [2.75, 3.05) is 5.73 Å². The first kappa shape index (κ1) is 21.4. The lowest BCUT2D eigenvalue weighted by atomic mass is 9.88. The number of hydrogen-bond acceptors (Lipinski definition) is 4. The Morgan fingerprint density at radius 2 is 1.76 bits per heavy atom. The van der Waals surface area contributed by atoms with Crippen LogP contribution in [0.5, 0.6) is 0 Å². The first-order valence-electron chi connectivity index (χ1n) is 8.77. The zero-order valence-electron chi connectivity index (χ0n) is 15.5. The van der Waals surface area contributed by atoms with E-state index in [-0.39, 0.29) is 11.3 Å². The van der Waals surface area contributed by atoms with Crippen molar-refractivity contribution in [3.63, 3.8) is 0 Å². The Morgan fingerprint density at radius 3 is 2.16 bits per heavy atom. The van der Waals surface area contributed by atoms with Crippen LogP contribution in [-0.2, 0) is 14.8 Å². The molecule has 0 amide bonds. The molecule has 7 heteroatoms. The molecule has 0 radical (unpaired) electrons. The molecule has 0 aromatic heterocycles. The molecule has 0 aliphatic heterocycles. The number of nitrogens with two attached hydrogens (primary N) is 1. The van der Waals surface area contributed by atoms with Crippen molar-refractivity contribution in [2.24, 2.45) is 0 Å². The fourth-order valence-corrected chi connectivity index (χ4v) is 5.24. The molecular formula is C18H30N2O4S. The Labute approximate surface area is 151 Å². The van der Waals surface area contributed by atoms with E-state index >= 15 is 0 Å². The molecule has 0 saturated heterocycles. The van der Waals surface area contributed by atoms with Crippen molar-refractivity contribution in [3.8, 4) is 0 Å². The Morgan fingerprint density at radius 1 is 1.20 bits per heavy atom. The van der Waals surface area contributed by atoms with Gasteiger partial charge in [0.05, 0.1) is 4.90 Å². The van der Waals surface area contributed by atoms with Gasteiger partial charge in [-0.15, -0.1) is 0 Å². The number of sulfonamides is 1. The predicted molar refractivity (Wildman–Crippen MR) is 99.8 cm³/mol. The van der Waals surface area contributed by atoms with Gasteiger partial charge in [-0.25, -0.2) is 8.42 Å². The van der Waals surface area contributed by atoms with Crippen LogP contribution in [0, 0.1) is 0 Å². The summed E-state index contributed by atoms with van der Waals surface area (Å²) in [7, 11) is -3.97. The second-order valence-electron chi connectivity index (χ2n) is 6.61. The first-order valence-corrected chi connectivity index (χ1v) is 10.2. The molecule has 0 fully saturated rings. The molecule has 0 saturated carbocycles. The van der Waals surface area contributed by atoms with Gasteiger partial charge in [0, 0.05) is 11.7 Å². The normalized spacial score (nSPS) is 14.6. The fourth-order valence-electron chi connectivity index (χ4n) is 3.22. The van der Waals surface area contributed by atoms with Gasteiger partial charge in [0.15, 0.2) is 0 Å². The van der Waals surface area contributed by atoms with Gasteiger partial charge in [-0.3, -0.25) is 4.79 Å². The molecule has 1 atom stereocenters. The van der Waals surface area contributed by atoms with Gasteiger partial charge in [-0.1, -0.05) is 33.1 Å². The maximum Gasteiger partial charge on any atom is 0.325 e. The van der Waals surface area contributed by atoms with Crippen molar-refractivity contribution >= 4 is 21.7 Å². The summed E-state index contributed by atoms with van der Waals surface area (Å²) in [5.74, 6) is -1.10. The van der Waals surface area contributed by atoms with E-state index in [1.54, 1.807) is 20.8 Å². The fraction of sp³-hybridized carbons (Fsp3) is 0.611. The number of carbonyl (C=O) groups is 1. The van der Waals surface area contributed by atoms with Crippen LogP contribution in [0.3, 0.4) is 0 Å². The molecule has 0 bridgehead atoms. The summed E-state index contributed by atoms with van der Waals surface area (Å²) in [5.41, 5.74) is 4.65. The van der Waals surface area contributed by atoms with Gasteiger partial charge in [0.2, 0.25) is 10.0 Å². The van der Waals surface area contributed by atoms with E-state index < -0.39 is 27.6 Å². The molecule has 0 unspecified atom stereocenters. The van der Waals surface area contributed by atoms with Gasteiger partial charge in [0.1, 0.15) is 5.54 Å². The van der Waals surface area contributed by atoms with Crippen LogP contribution >= 0.6 is 0 Å². The van der Waals surface area contributed by atoms with Gasteiger partial charge in [0.25, 0.3) is 0 Å². The molecule has 142 valence electrons. The molecule has 25 heavy (non-hydrogen) atoms. The van der Waals surface area contributed by atoms with Crippen molar-refractivity contribution in [1.82, 2.24) is 4.31 Å². The average Bonchev–Trinajstić information content (AvgIpc) is 2.53. The summed E-state index contributed by atoms with van der Waals surface area (Å²) in [5, 5.41) is 9.97. The number of hydrogen-bond donors (Lipinski definition) is 2. The zero-order valence-corrected chi connectivity index (χ0v) is 16.3. The second kappa shape index (κ2) is 8.67. The number of rotatable bonds is 10. The van der Waals surface area contributed by atoms with Crippen molar-refractivity contribution < 1.29 is 18.3 Å². The average molecular weight is 371 g/mol. The SMILES string of the molecule is CCCCC[C@@](CC)(C(=O)O)N(C(C)C)S(=O)(=O)c1ccc(N)cc1. The minimum Gasteiger partial charge on any atom is -0.480 e. The highest BCUT2D eigenvalue weighted by atomic mass is 32.2. The number of benzene rings is 1. The Hall–Kier alpha value is -1.60. The van der Waals surface area contributed by atoms with E-state index in [2.05, 4.69) is 0 Å². The summed E-state index contributed by atoms with van der Waals surface area (Å²) in [6.07, 6.45) is 2.96. The van der Waals surface area contributed by atoms with Crippen LogP contribution in [-0.4, -0.2) is 35.4 Å². The maximum atomic E-state index is 13.2. The van der Waals surface area contributed by atoms with E-state index in [4.69, 9.17) is 5.73 Å². The van der Waals surface area contributed by atoms with E-state index in [0.29, 0.717) is 18.5 Å². The molecule has 1 rings (SSSR count). The first-order chi connectivity index (χ1) is 11.6. The Balaban J connectivity index is 3.46. The summed E-state index contributed by atoms with van der Waals surface area (Å²) in [6, 6.07) is 5.39. The quantitative estimate of drug-likeness (QED) is 0.485. The number of nitrogen functional groups attached to an aromatic ring is 1. The summed E-state index contributed by atoms with van der Waals surface area (Å²) < 4.78 is 27.7. The Kier molecular flexibility index (Phi) is 7.44.